The lowest BCUT2D eigenvalue weighted by atomic mass is 10.0. The van der Waals surface area contributed by atoms with Crippen LogP contribution >= 0.6 is 15.9 Å². The largest absolute Gasteiger partial charge is 0.340 e. The van der Waals surface area contributed by atoms with Crippen LogP contribution in [0, 0.1) is 0 Å². The Kier molecular flexibility index (Phi) is 4.88. The number of hydrogen-bond donors (Lipinski definition) is 1. The van der Waals surface area contributed by atoms with E-state index < -0.39 is 0 Å². The van der Waals surface area contributed by atoms with Gasteiger partial charge in [-0.05, 0) is 59.5 Å². The molecule has 1 aromatic carbocycles. The number of anilines is 1. The monoisotopic (exact) mass is 348 g/mol. The van der Waals surface area contributed by atoms with Gasteiger partial charge in [-0.3, -0.25) is 4.79 Å². The van der Waals surface area contributed by atoms with Crippen molar-refractivity contribution in [2.24, 2.45) is 0 Å². The fourth-order valence-corrected chi connectivity index (χ4v) is 2.66. The lowest BCUT2D eigenvalue weighted by Gasteiger charge is -2.13. The lowest BCUT2D eigenvalue weighted by molar-refractivity contribution is 0.101. The van der Waals surface area contributed by atoms with Crippen molar-refractivity contribution >= 4 is 27.5 Å². The minimum atomic E-state index is -0.0877. The van der Waals surface area contributed by atoms with E-state index in [1.165, 1.54) is 5.56 Å². The highest BCUT2D eigenvalue weighted by Gasteiger charge is 2.15. The average Bonchev–Trinajstić information content (AvgIpc) is 2.81. The molecule has 0 aliphatic carbocycles. The van der Waals surface area contributed by atoms with Gasteiger partial charge >= 0.3 is 0 Å². The number of nitrogens with one attached hydrogen (secondary N) is 1. The SMILES string of the molecule is CC(C)c1cccc(NC(=O)c2cc(Br)cn2C(C)C)c1. The van der Waals surface area contributed by atoms with E-state index in [4.69, 9.17) is 0 Å². The van der Waals surface area contributed by atoms with Gasteiger partial charge in [-0.2, -0.15) is 0 Å². The van der Waals surface area contributed by atoms with Crippen LogP contribution in [-0.2, 0) is 0 Å². The maximum Gasteiger partial charge on any atom is 0.272 e. The van der Waals surface area contributed by atoms with Gasteiger partial charge in [0.1, 0.15) is 5.69 Å². The number of halogens is 1. The number of rotatable bonds is 4. The molecule has 0 aliphatic rings. The molecule has 112 valence electrons. The number of aromatic nitrogens is 1. The minimum absolute atomic E-state index is 0.0877. The predicted molar refractivity (Wildman–Crippen MR) is 91.0 cm³/mol. The van der Waals surface area contributed by atoms with E-state index in [1.807, 2.05) is 35.0 Å². The van der Waals surface area contributed by atoms with Gasteiger partial charge in [-0.15, -0.1) is 0 Å². The molecule has 2 rings (SSSR count). The fourth-order valence-electron chi connectivity index (χ4n) is 2.23. The third kappa shape index (κ3) is 3.76. The van der Waals surface area contributed by atoms with Crippen molar-refractivity contribution in [2.45, 2.75) is 39.7 Å². The molecule has 0 fully saturated rings. The summed E-state index contributed by atoms with van der Waals surface area (Å²) < 4.78 is 2.88. The van der Waals surface area contributed by atoms with Crippen LogP contribution < -0.4 is 5.32 Å². The quantitative estimate of drug-likeness (QED) is 0.808. The van der Waals surface area contributed by atoms with Gasteiger partial charge in [0.25, 0.3) is 5.91 Å². The zero-order valence-corrected chi connectivity index (χ0v) is 14.4. The molecule has 1 aromatic heterocycles. The van der Waals surface area contributed by atoms with E-state index in [2.05, 4.69) is 55.0 Å². The summed E-state index contributed by atoms with van der Waals surface area (Å²) >= 11 is 3.43. The Balaban J connectivity index is 2.24. The fraction of sp³-hybridized carbons (Fsp3) is 0.353. The van der Waals surface area contributed by atoms with Crippen LogP contribution in [0.2, 0.25) is 0 Å². The molecule has 0 saturated heterocycles. The first-order valence-electron chi connectivity index (χ1n) is 7.17. The molecule has 1 amide bonds. The van der Waals surface area contributed by atoms with E-state index in [9.17, 15) is 4.79 Å². The number of carbonyl (C=O) groups is 1. The number of benzene rings is 1. The molecule has 0 atom stereocenters. The molecule has 21 heavy (non-hydrogen) atoms. The average molecular weight is 349 g/mol. The summed E-state index contributed by atoms with van der Waals surface area (Å²) in [5.41, 5.74) is 2.71. The number of amides is 1. The molecule has 0 unspecified atom stereocenters. The van der Waals surface area contributed by atoms with Crippen LogP contribution in [0.3, 0.4) is 0 Å². The molecule has 1 N–H and O–H groups in total. The predicted octanol–water partition coefficient (Wildman–Crippen LogP) is 5.21. The molecule has 4 heteroatoms. The lowest BCUT2D eigenvalue weighted by Crippen LogP contribution is -2.17. The summed E-state index contributed by atoms with van der Waals surface area (Å²) in [5.74, 6) is 0.353. The van der Waals surface area contributed by atoms with Crippen LogP contribution in [0.1, 0.15) is 55.7 Å². The topological polar surface area (TPSA) is 34.0 Å². The molecular weight excluding hydrogens is 328 g/mol. The van der Waals surface area contributed by atoms with E-state index in [0.29, 0.717) is 11.6 Å². The third-order valence-corrected chi connectivity index (χ3v) is 3.85. The Hall–Kier alpha value is -1.55. The molecule has 0 spiro atoms. The van der Waals surface area contributed by atoms with Gasteiger partial charge in [0.2, 0.25) is 0 Å². The van der Waals surface area contributed by atoms with Crippen LogP contribution in [0.5, 0.6) is 0 Å². The molecule has 3 nitrogen and oxygen atoms in total. The minimum Gasteiger partial charge on any atom is -0.340 e. The van der Waals surface area contributed by atoms with Gasteiger partial charge in [0.05, 0.1) is 0 Å². The molecule has 2 aromatic rings. The summed E-state index contributed by atoms with van der Waals surface area (Å²) in [5, 5.41) is 2.98. The van der Waals surface area contributed by atoms with Crippen molar-refractivity contribution in [1.82, 2.24) is 4.57 Å². The van der Waals surface area contributed by atoms with E-state index in [1.54, 1.807) is 0 Å². The highest BCUT2D eigenvalue weighted by molar-refractivity contribution is 9.10. The van der Waals surface area contributed by atoms with Crippen LogP contribution in [0.15, 0.2) is 41.0 Å². The Bertz CT molecular complexity index is 644. The first-order chi connectivity index (χ1) is 9.88. The normalized spacial score (nSPS) is 11.2. The summed E-state index contributed by atoms with van der Waals surface area (Å²) in [4.78, 5) is 12.5. The number of carbonyl (C=O) groups excluding carboxylic acids is 1. The smallest absolute Gasteiger partial charge is 0.272 e. The van der Waals surface area contributed by atoms with Crippen molar-refractivity contribution in [1.29, 1.82) is 0 Å². The van der Waals surface area contributed by atoms with Crippen molar-refractivity contribution in [3.05, 3.63) is 52.3 Å². The number of nitrogens with zero attached hydrogens (tertiary/aromatic N) is 1. The van der Waals surface area contributed by atoms with Crippen LogP contribution in [0.25, 0.3) is 0 Å². The van der Waals surface area contributed by atoms with Crippen LogP contribution in [0.4, 0.5) is 5.69 Å². The van der Waals surface area contributed by atoms with Gasteiger partial charge < -0.3 is 9.88 Å². The molecule has 1 heterocycles. The standard InChI is InChI=1S/C17H21BrN2O/c1-11(2)13-6-5-7-15(8-13)19-17(21)16-9-14(18)10-20(16)12(3)4/h5-12H,1-4H3,(H,19,21). The summed E-state index contributed by atoms with van der Waals surface area (Å²) in [6, 6.07) is 10.1. The molecular formula is C17H21BrN2O. The maximum absolute atomic E-state index is 12.5. The second-order valence-electron chi connectivity index (χ2n) is 5.78. The first-order valence-corrected chi connectivity index (χ1v) is 7.96. The second kappa shape index (κ2) is 6.48. The Labute approximate surface area is 134 Å². The van der Waals surface area contributed by atoms with E-state index in [0.717, 1.165) is 10.2 Å². The maximum atomic E-state index is 12.5. The Morgan fingerprint density at radius 1 is 1.19 bits per heavy atom. The van der Waals surface area contributed by atoms with Gasteiger partial charge in [-0.25, -0.2) is 0 Å². The van der Waals surface area contributed by atoms with E-state index >= 15 is 0 Å². The van der Waals surface area contributed by atoms with Crippen molar-refractivity contribution in [2.75, 3.05) is 5.32 Å². The second-order valence-corrected chi connectivity index (χ2v) is 6.69. The number of hydrogen-bond acceptors (Lipinski definition) is 1. The van der Waals surface area contributed by atoms with Gasteiger partial charge in [0.15, 0.2) is 0 Å². The zero-order chi connectivity index (χ0) is 15.6. The highest BCUT2D eigenvalue weighted by atomic mass is 79.9. The Morgan fingerprint density at radius 3 is 2.52 bits per heavy atom. The van der Waals surface area contributed by atoms with Gasteiger partial charge in [-0.1, -0.05) is 26.0 Å². The summed E-state index contributed by atoms with van der Waals surface area (Å²) in [7, 11) is 0. The zero-order valence-electron chi connectivity index (χ0n) is 12.9. The molecule has 0 saturated carbocycles. The summed E-state index contributed by atoms with van der Waals surface area (Å²) in [6.45, 7) is 8.40. The van der Waals surface area contributed by atoms with Gasteiger partial charge in [0, 0.05) is 22.4 Å². The van der Waals surface area contributed by atoms with Crippen molar-refractivity contribution in [3.63, 3.8) is 0 Å². The van der Waals surface area contributed by atoms with Crippen molar-refractivity contribution < 1.29 is 4.79 Å². The first kappa shape index (κ1) is 15.8. The third-order valence-electron chi connectivity index (χ3n) is 3.42. The molecule has 0 bridgehead atoms. The summed E-state index contributed by atoms with van der Waals surface area (Å²) in [6.07, 6.45) is 1.93. The highest BCUT2D eigenvalue weighted by Crippen LogP contribution is 2.22. The molecule has 0 radical (unpaired) electrons. The Morgan fingerprint density at radius 2 is 1.90 bits per heavy atom. The van der Waals surface area contributed by atoms with Crippen LogP contribution in [-0.4, -0.2) is 10.5 Å². The van der Waals surface area contributed by atoms with E-state index in [-0.39, 0.29) is 11.9 Å². The van der Waals surface area contributed by atoms with Crippen molar-refractivity contribution in [3.8, 4) is 0 Å². The molecule has 0 aliphatic heterocycles.